The molecule has 0 aliphatic rings. The zero-order valence-corrected chi connectivity index (χ0v) is 15.3. The molecule has 0 aliphatic heterocycles. The topological polar surface area (TPSA) is 130 Å². The van der Waals surface area contributed by atoms with Gasteiger partial charge in [-0.3, -0.25) is 20.0 Å². The predicted octanol–water partition coefficient (Wildman–Crippen LogP) is 1.52. The number of aromatic nitrogens is 1. The highest BCUT2D eigenvalue weighted by molar-refractivity contribution is 5.97. The molecule has 1 rings (SSSR count). The molecular formula is C16H19F6N5O3. The van der Waals surface area contributed by atoms with Gasteiger partial charge in [-0.15, -0.1) is 0 Å². The number of ether oxygens (including phenoxy) is 1. The third kappa shape index (κ3) is 8.63. The second kappa shape index (κ2) is 10.8. The van der Waals surface area contributed by atoms with Crippen LogP contribution < -0.4 is 16.4 Å². The van der Waals surface area contributed by atoms with Crippen LogP contribution >= 0.6 is 0 Å². The minimum Gasteiger partial charge on any atom is -0.370 e. The fraction of sp³-hybridized carbons (Fsp3) is 0.500. The molecule has 1 aromatic rings. The summed E-state index contributed by atoms with van der Waals surface area (Å²) in [4.78, 5) is 28.1. The summed E-state index contributed by atoms with van der Waals surface area (Å²) in [5, 5.41) is 11.7. The Balaban J connectivity index is 2.84. The first-order valence-corrected chi connectivity index (χ1v) is 8.39. The van der Waals surface area contributed by atoms with Gasteiger partial charge in [0.15, 0.2) is 11.7 Å². The predicted molar refractivity (Wildman–Crippen MR) is 91.5 cm³/mol. The van der Waals surface area contributed by atoms with Gasteiger partial charge in [0, 0.05) is 18.9 Å². The number of rotatable bonds is 10. The number of carbonyl (C=O) groups is 2. The monoisotopic (exact) mass is 443 g/mol. The van der Waals surface area contributed by atoms with E-state index >= 15 is 0 Å². The van der Waals surface area contributed by atoms with Crippen molar-refractivity contribution in [2.45, 2.75) is 37.3 Å². The number of hydrogen-bond donors (Lipinski definition) is 4. The minimum absolute atomic E-state index is 0.0292. The molecule has 1 amide bonds. The zero-order valence-electron chi connectivity index (χ0n) is 15.3. The number of halogens is 6. The lowest BCUT2D eigenvalue weighted by Gasteiger charge is -2.24. The molecule has 1 heterocycles. The molecule has 0 spiro atoms. The largest absolute Gasteiger partial charge is 0.423 e. The second-order valence-electron chi connectivity index (χ2n) is 5.99. The van der Waals surface area contributed by atoms with Crippen molar-refractivity contribution >= 4 is 17.6 Å². The summed E-state index contributed by atoms with van der Waals surface area (Å²) in [7, 11) is 0. The Kier molecular flexibility index (Phi) is 9.01. The van der Waals surface area contributed by atoms with Crippen molar-refractivity contribution < 1.29 is 40.7 Å². The number of amides is 1. The van der Waals surface area contributed by atoms with Gasteiger partial charge in [0.1, 0.15) is 6.61 Å². The Morgan fingerprint density at radius 1 is 1.20 bits per heavy atom. The summed E-state index contributed by atoms with van der Waals surface area (Å²) >= 11 is 0. The lowest BCUT2D eigenvalue weighted by atomic mass is 10.1. The lowest BCUT2D eigenvalue weighted by molar-refractivity contribution is -0.319. The Bertz CT molecular complexity index is 712. The summed E-state index contributed by atoms with van der Waals surface area (Å²) in [5.41, 5.74) is 5.11. The van der Waals surface area contributed by atoms with Crippen LogP contribution in [0.1, 0.15) is 23.2 Å². The number of alkyl halides is 6. The maximum absolute atomic E-state index is 12.5. The molecule has 0 aromatic carbocycles. The van der Waals surface area contributed by atoms with E-state index in [0.717, 1.165) is 6.20 Å². The Labute approximate surface area is 166 Å². The highest BCUT2D eigenvalue weighted by Gasteiger charge is 2.58. The van der Waals surface area contributed by atoms with E-state index in [-0.39, 0.29) is 30.9 Å². The van der Waals surface area contributed by atoms with E-state index in [0.29, 0.717) is 0 Å². The summed E-state index contributed by atoms with van der Waals surface area (Å²) in [5.74, 6) is -2.36. The van der Waals surface area contributed by atoms with Gasteiger partial charge in [-0.2, -0.15) is 26.3 Å². The molecule has 0 fully saturated rings. The highest BCUT2D eigenvalue weighted by Crippen LogP contribution is 2.35. The molecule has 0 aliphatic carbocycles. The van der Waals surface area contributed by atoms with Crippen molar-refractivity contribution in [1.82, 2.24) is 15.6 Å². The van der Waals surface area contributed by atoms with Crippen molar-refractivity contribution in [3.8, 4) is 0 Å². The lowest BCUT2D eigenvalue weighted by Crippen LogP contribution is -2.48. The van der Waals surface area contributed by atoms with Gasteiger partial charge in [-0.05, 0) is 25.0 Å². The molecule has 0 radical (unpaired) electrons. The Hall–Kier alpha value is -2.90. The quantitative estimate of drug-likeness (QED) is 0.188. The number of nitrogens with zero attached hydrogens (tertiary/aromatic N) is 1. The number of ketones is 1. The summed E-state index contributed by atoms with van der Waals surface area (Å²) in [6, 6.07) is 1.33. The number of carbonyl (C=O) groups excluding carboxylic acids is 2. The van der Waals surface area contributed by atoms with E-state index in [9.17, 15) is 35.9 Å². The number of pyridine rings is 1. The molecule has 0 saturated heterocycles. The molecule has 30 heavy (non-hydrogen) atoms. The maximum Gasteiger partial charge on any atom is 0.423 e. The Morgan fingerprint density at radius 2 is 1.83 bits per heavy atom. The number of guanidine groups is 1. The van der Waals surface area contributed by atoms with Gasteiger partial charge < -0.3 is 21.1 Å². The van der Waals surface area contributed by atoms with E-state index in [2.05, 4.69) is 20.4 Å². The second-order valence-corrected chi connectivity index (χ2v) is 5.99. The molecule has 5 N–H and O–H groups in total. The maximum atomic E-state index is 12.5. The minimum atomic E-state index is -5.77. The van der Waals surface area contributed by atoms with E-state index in [1.54, 1.807) is 0 Å². The van der Waals surface area contributed by atoms with Crippen LogP contribution in [0.3, 0.4) is 0 Å². The van der Waals surface area contributed by atoms with Gasteiger partial charge in [-0.25, -0.2) is 0 Å². The van der Waals surface area contributed by atoms with E-state index in [1.165, 1.54) is 18.3 Å². The third-order valence-electron chi connectivity index (χ3n) is 3.59. The number of nitrogens with two attached hydrogens (primary N) is 1. The van der Waals surface area contributed by atoms with Gasteiger partial charge in [0.05, 0.1) is 11.6 Å². The van der Waals surface area contributed by atoms with Crippen molar-refractivity contribution in [3.63, 3.8) is 0 Å². The highest BCUT2D eigenvalue weighted by atomic mass is 19.4. The SMILES string of the molecule is N=C(N)NCCCC(NC(=O)c1cccnc1)C(=O)COC(C(F)(F)F)C(F)(F)F. The molecule has 1 atom stereocenters. The molecule has 14 heteroatoms. The fourth-order valence-corrected chi connectivity index (χ4v) is 2.22. The smallest absolute Gasteiger partial charge is 0.370 e. The van der Waals surface area contributed by atoms with Crippen molar-refractivity contribution in [3.05, 3.63) is 30.1 Å². The first kappa shape index (κ1) is 25.1. The average molecular weight is 443 g/mol. The normalized spacial score (nSPS) is 13.0. The summed E-state index contributed by atoms with van der Waals surface area (Å²) < 4.78 is 79.1. The Morgan fingerprint density at radius 3 is 2.33 bits per heavy atom. The van der Waals surface area contributed by atoms with Crippen LogP contribution in [0.4, 0.5) is 26.3 Å². The van der Waals surface area contributed by atoms with Crippen LogP contribution in [0.25, 0.3) is 0 Å². The van der Waals surface area contributed by atoms with Gasteiger partial charge in [-0.1, -0.05) is 0 Å². The summed E-state index contributed by atoms with van der Waals surface area (Å²) in [6.07, 6.45) is -13.2. The molecule has 0 bridgehead atoms. The molecule has 1 aromatic heterocycles. The molecule has 1 unspecified atom stereocenters. The van der Waals surface area contributed by atoms with Crippen LogP contribution in [0.5, 0.6) is 0 Å². The zero-order chi connectivity index (χ0) is 22.9. The van der Waals surface area contributed by atoms with Crippen LogP contribution in [0.2, 0.25) is 0 Å². The average Bonchev–Trinajstić information content (AvgIpc) is 2.62. The van der Waals surface area contributed by atoms with Crippen LogP contribution in [-0.4, -0.2) is 60.3 Å². The standard InChI is InChI=1S/C16H19F6N5O3/c17-15(18,19)13(16(20,21)22)30-8-11(28)10(4-2-6-26-14(23)24)27-12(29)9-3-1-5-25-7-9/h1,3,5,7,10,13H,2,4,6,8H2,(H,27,29)(H4,23,24,26). The van der Waals surface area contributed by atoms with Crippen molar-refractivity contribution in [1.29, 1.82) is 5.41 Å². The molecule has 8 nitrogen and oxygen atoms in total. The number of hydrogen-bond acceptors (Lipinski definition) is 5. The third-order valence-corrected chi connectivity index (χ3v) is 3.59. The molecular weight excluding hydrogens is 424 g/mol. The fourth-order valence-electron chi connectivity index (χ4n) is 2.22. The van der Waals surface area contributed by atoms with Gasteiger partial charge >= 0.3 is 12.4 Å². The van der Waals surface area contributed by atoms with Crippen LogP contribution in [0.15, 0.2) is 24.5 Å². The van der Waals surface area contributed by atoms with Crippen molar-refractivity contribution in [2.24, 2.45) is 5.73 Å². The number of nitrogens with one attached hydrogen (secondary N) is 3. The molecule has 168 valence electrons. The van der Waals surface area contributed by atoms with Gasteiger partial charge in [0.25, 0.3) is 5.91 Å². The van der Waals surface area contributed by atoms with E-state index in [1.807, 2.05) is 0 Å². The van der Waals surface area contributed by atoms with E-state index in [4.69, 9.17) is 11.1 Å². The molecule has 0 saturated carbocycles. The van der Waals surface area contributed by atoms with Crippen LogP contribution in [0, 0.1) is 5.41 Å². The first-order valence-electron chi connectivity index (χ1n) is 8.39. The summed E-state index contributed by atoms with van der Waals surface area (Å²) in [6.45, 7) is -1.45. The van der Waals surface area contributed by atoms with E-state index < -0.39 is 42.8 Å². The van der Waals surface area contributed by atoms with Crippen molar-refractivity contribution in [2.75, 3.05) is 13.2 Å². The van der Waals surface area contributed by atoms with Crippen LogP contribution in [-0.2, 0) is 9.53 Å². The number of Topliss-reactive ketones (excluding diaryl/α,β-unsaturated/α-hetero) is 1. The first-order chi connectivity index (χ1) is 13.8. The van der Waals surface area contributed by atoms with Gasteiger partial charge in [0.2, 0.25) is 6.10 Å².